The van der Waals surface area contributed by atoms with Gasteiger partial charge in [0.2, 0.25) is 5.84 Å². The third-order valence-electron chi connectivity index (χ3n) is 6.53. The topological polar surface area (TPSA) is 126 Å². The highest BCUT2D eigenvalue weighted by molar-refractivity contribution is 5.89. The number of amidine groups is 1. The molecule has 2 unspecified atom stereocenters. The number of rotatable bonds is 21. The Labute approximate surface area is 206 Å². The van der Waals surface area contributed by atoms with Gasteiger partial charge in [0.25, 0.3) is 0 Å². The Morgan fingerprint density at radius 3 is 1.97 bits per heavy atom. The molecule has 1 aliphatic rings. The molecule has 3 N–H and O–H groups in total. The normalized spacial score (nSPS) is 18.6. The summed E-state index contributed by atoms with van der Waals surface area (Å²) in [6.07, 6.45) is 21.6. The van der Waals surface area contributed by atoms with Gasteiger partial charge in [-0.25, -0.2) is 19.1 Å². The maximum atomic E-state index is 11.5. The van der Waals surface area contributed by atoms with Gasteiger partial charge in [0, 0.05) is 13.0 Å². The summed E-state index contributed by atoms with van der Waals surface area (Å²) in [6.45, 7) is 4.40. The Balaban J connectivity index is 0.0000109. The molecule has 2 atom stereocenters. The quantitative estimate of drug-likeness (QED) is 0.161. The predicted octanol–water partition coefficient (Wildman–Crippen LogP) is 5.61. The molecule has 34 heavy (non-hydrogen) atoms. The third kappa shape index (κ3) is 13.2. The summed E-state index contributed by atoms with van der Waals surface area (Å²) in [5.41, 5.74) is 0. The van der Waals surface area contributed by atoms with E-state index in [1.54, 1.807) is 6.92 Å². The molecule has 0 bridgehead atoms. The number of unbranched alkanes of at least 4 members (excludes halogenated alkanes) is 13. The fourth-order valence-electron chi connectivity index (χ4n) is 4.50. The van der Waals surface area contributed by atoms with Crippen LogP contribution >= 0.6 is 0 Å². The van der Waals surface area contributed by atoms with Gasteiger partial charge in [-0.3, -0.25) is 0 Å². The molecule has 0 aromatic heterocycles. The first-order chi connectivity index (χ1) is 15.9. The van der Waals surface area contributed by atoms with Crippen molar-refractivity contribution in [3.63, 3.8) is 0 Å². The predicted molar refractivity (Wildman–Crippen MR) is 134 cm³/mol. The van der Waals surface area contributed by atoms with Crippen molar-refractivity contribution in [2.45, 2.75) is 110 Å². The van der Waals surface area contributed by atoms with E-state index in [4.69, 9.17) is 9.84 Å². The van der Waals surface area contributed by atoms with E-state index in [1.807, 2.05) is 6.08 Å². The van der Waals surface area contributed by atoms with Gasteiger partial charge in [0.1, 0.15) is 6.54 Å². The monoisotopic (exact) mass is 484 g/mol. The first-order valence-corrected chi connectivity index (χ1v) is 13.1. The zero-order valence-corrected chi connectivity index (χ0v) is 21.4. The van der Waals surface area contributed by atoms with Crippen LogP contribution in [0.1, 0.15) is 104 Å². The molecule has 1 rings (SSSR count). The summed E-state index contributed by atoms with van der Waals surface area (Å²) in [4.78, 5) is 26.9. The lowest BCUT2D eigenvalue weighted by Gasteiger charge is -2.37. The minimum absolute atomic E-state index is 0. The summed E-state index contributed by atoms with van der Waals surface area (Å²) in [5.74, 6) is -1.34. The van der Waals surface area contributed by atoms with Gasteiger partial charge in [-0.2, -0.15) is 0 Å². The number of carboxylic acid groups (broad SMARTS) is 2. The maximum Gasteiger partial charge on any atom is 0.359 e. The average Bonchev–Trinajstić information content (AvgIpc) is 3.17. The van der Waals surface area contributed by atoms with Crippen molar-refractivity contribution in [1.82, 2.24) is 0 Å². The lowest BCUT2D eigenvalue weighted by atomic mass is 10.0. The van der Waals surface area contributed by atoms with Crippen molar-refractivity contribution in [2.75, 3.05) is 26.2 Å². The summed E-state index contributed by atoms with van der Waals surface area (Å²) in [7, 11) is 0. The molecule has 1 heterocycles. The number of hydrogen-bond acceptors (Lipinski definition) is 5. The zero-order chi connectivity index (χ0) is 24.4. The van der Waals surface area contributed by atoms with Crippen LogP contribution in [-0.4, -0.2) is 70.4 Å². The first kappa shape index (κ1) is 32.2. The Kier molecular flexibility index (Phi) is 18.5. The molecule has 8 heteroatoms. The second-order valence-corrected chi connectivity index (χ2v) is 9.29. The Morgan fingerprint density at radius 1 is 0.941 bits per heavy atom. The summed E-state index contributed by atoms with van der Waals surface area (Å²) in [5, 5.41) is 18.3. The van der Waals surface area contributed by atoms with Crippen LogP contribution in [0.4, 0.5) is 0 Å². The average molecular weight is 485 g/mol. The van der Waals surface area contributed by atoms with Crippen LogP contribution in [0.15, 0.2) is 17.1 Å². The molecule has 0 aromatic rings. The van der Waals surface area contributed by atoms with Crippen LogP contribution in [0.5, 0.6) is 0 Å². The van der Waals surface area contributed by atoms with Crippen LogP contribution in [-0.2, 0) is 14.3 Å². The largest absolute Gasteiger partial charge is 0.870 e. The number of aliphatic imine (C=N–C) groups is 1. The first-order valence-electron chi connectivity index (χ1n) is 13.1. The molecular formula is C26H48N2O6. The summed E-state index contributed by atoms with van der Waals surface area (Å²) in [6, 6.07) is 0. The second-order valence-electron chi connectivity index (χ2n) is 9.29. The Morgan fingerprint density at radius 2 is 1.47 bits per heavy atom. The molecular weight excluding hydrogens is 436 g/mol. The van der Waals surface area contributed by atoms with E-state index in [1.165, 1.54) is 77.0 Å². The lowest BCUT2D eigenvalue weighted by Crippen LogP contribution is -2.59. The summed E-state index contributed by atoms with van der Waals surface area (Å²) < 4.78 is 5.48. The maximum absolute atomic E-state index is 11.5. The van der Waals surface area contributed by atoms with Gasteiger partial charge in [-0.1, -0.05) is 90.0 Å². The standard InChI is InChI=1S/C26H46N2O5.H2O/c1-3-4-5-6-7-8-9-10-11-12-13-14-15-16-17-18-24-27-19-20-28(24,21-25(29)30)23(2)33-22-26(31)32;/h17-18,23H,3-16,19-22H2,1-2H3,(H-,29,30,31,32);1H2. The lowest BCUT2D eigenvalue weighted by molar-refractivity contribution is -0.876. The van der Waals surface area contributed by atoms with Gasteiger partial charge in [0.15, 0.2) is 19.4 Å². The zero-order valence-electron chi connectivity index (χ0n) is 21.4. The molecule has 8 nitrogen and oxygen atoms in total. The molecule has 0 aromatic carbocycles. The third-order valence-corrected chi connectivity index (χ3v) is 6.53. The van der Waals surface area contributed by atoms with Gasteiger partial charge in [-0.15, -0.1) is 0 Å². The van der Waals surface area contributed by atoms with Crippen molar-refractivity contribution in [3.8, 4) is 0 Å². The van der Waals surface area contributed by atoms with E-state index in [9.17, 15) is 14.7 Å². The highest BCUT2D eigenvalue weighted by Crippen LogP contribution is 2.23. The van der Waals surface area contributed by atoms with Gasteiger partial charge in [-0.05, 0) is 12.8 Å². The van der Waals surface area contributed by atoms with Crippen LogP contribution in [0.3, 0.4) is 0 Å². The highest BCUT2D eigenvalue weighted by Gasteiger charge is 2.44. The van der Waals surface area contributed by atoms with Crippen LogP contribution in [0.25, 0.3) is 0 Å². The second kappa shape index (κ2) is 19.5. The fraction of sp³-hybridized carbons (Fsp3) is 0.808. The molecule has 0 radical (unpaired) electrons. The van der Waals surface area contributed by atoms with Crippen LogP contribution < -0.4 is 0 Å². The van der Waals surface area contributed by atoms with Crippen molar-refractivity contribution >= 4 is 17.8 Å². The number of ether oxygens (including phenoxy) is 1. The smallest absolute Gasteiger partial charge is 0.359 e. The van der Waals surface area contributed by atoms with Gasteiger partial charge < -0.3 is 20.4 Å². The molecule has 198 valence electrons. The Bertz CT molecular complexity index is 622. The SMILES string of the molecule is CCCCCCCCCCCCCCCC=CC1=NCC[N+]1(CC(=O)O)C(C)OCC(=O)O.[OH-]. The number of hydrogen-bond donors (Lipinski definition) is 2. The molecule has 0 saturated carbocycles. The fourth-order valence-corrected chi connectivity index (χ4v) is 4.50. The van der Waals surface area contributed by atoms with E-state index in [0.29, 0.717) is 18.9 Å². The molecule has 0 saturated heterocycles. The molecule has 0 aliphatic carbocycles. The van der Waals surface area contributed by atoms with Crippen molar-refractivity contribution in [3.05, 3.63) is 12.2 Å². The number of allylic oxidation sites excluding steroid dienone is 1. The highest BCUT2D eigenvalue weighted by atomic mass is 16.5. The van der Waals surface area contributed by atoms with E-state index >= 15 is 0 Å². The van der Waals surface area contributed by atoms with Crippen molar-refractivity contribution < 1.29 is 34.5 Å². The number of aliphatic carboxylic acids is 2. The number of carbonyl (C=O) groups is 2. The minimum Gasteiger partial charge on any atom is -0.870 e. The molecule has 1 aliphatic heterocycles. The van der Waals surface area contributed by atoms with E-state index in [2.05, 4.69) is 18.0 Å². The molecule has 0 fully saturated rings. The van der Waals surface area contributed by atoms with Gasteiger partial charge >= 0.3 is 11.9 Å². The van der Waals surface area contributed by atoms with Crippen LogP contribution in [0, 0.1) is 0 Å². The van der Waals surface area contributed by atoms with Gasteiger partial charge in [0.05, 0.1) is 6.54 Å². The van der Waals surface area contributed by atoms with Crippen molar-refractivity contribution in [2.24, 2.45) is 4.99 Å². The van der Waals surface area contributed by atoms with E-state index < -0.39 is 24.8 Å². The number of quaternary nitrogens is 1. The van der Waals surface area contributed by atoms with Crippen LogP contribution in [0.2, 0.25) is 0 Å². The number of carboxylic acids is 2. The molecule has 0 amide bonds. The minimum atomic E-state index is -1.06. The van der Waals surface area contributed by atoms with Crippen molar-refractivity contribution in [1.29, 1.82) is 0 Å². The Hall–Kier alpha value is -1.77. The molecule has 0 spiro atoms. The summed E-state index contributed by atoms with van der Waals surface area (Å²) >= 11 is 0. The number of nitrogens with zero attached hydrogens (tertiary/aromatic N) is 2. The van der Waals surface area contributed by atoms with E-state index in [0.717, 1.165) is 12.8 Å². The van der Waals surface area contributed by atoms with E-state index in [-0.39, 0.29) is 16.5 Å².